The number of halogens is 1. The van der Waals surface area contributed by atoms with E-state index in [0.717, 1.165) is 22.4 Å². The van der Waals surface area contributed by atoms with Crippen molar-refractivity contribution >= 4 is 17.5 Å². The molecule has 0 aromatic heterocycles. The van der Waals surface area contributed by atoms with Crippen molar-refractivity contribution in [1.82, 2.24) is 9.80 Å². The molecule has 0 bridgehead atoms. The van der Waals surface area contributed by atoms with Crippen LogP contribution >= 0.6 is 0 Å². The lowest BCUT2D eigenvalue weighted by molar-refractivity contribution is -0.133. The van der Waals surface area contributed by atoms with E-state index >= 15 is 0 Å². The predicted octanol–water partition coefficient (Wildman–Crippen LogP) is 3.38. The average Bonchev–Trinajstić information content (AvgIpc) is 2.73. The van der Waals surface area contributed by atoms with Crippen molar-refractivity contribution in [2.75, 3.05) is 45.2 Å². The molecule has 2 aromatic rings. The van der Waals surface area contributed by atoms with E-state index in [1.54, 1.807) is 29.0 Å². The van der Waals surface area contributed by atoms with Gasteiger partial charge in [0.05, 0.1) is 19.7 Å². The van der Waals surface area contributed by atoms with Gasteiger partial charge >= 0.3 is 0 Å². The SMILES string of the molecule is CCN(Cc1cccc(F)c1)C(=O)CN(CCOC)CC(=O)Nc1cccc(C)c1C. The lowest BCUT2D eigenvalue weighted by atomic mass is 10.1. The molecule has 7 heteroatoms. The summed E-state index contributed by atoms with van der Waals surface area (Å²) in [5.74, 6) is -0.640. The highest BCUT2D eigenvalue weighted by molar-refractivity contribution is 5.93. The first-order valence-electron chi connectivity index (χ1n) is 10.4. The fraction of sp³-hybridized carbons (Fsp3) is 0.417. The minimum absolute atomic E-state index is 0.0694. The maximum atomic E-state index is 13.5. The van der Waals surface area contributed by atoms with Crippen molar-refractivity contribution in [3.05, 3.63) is 65.0 Å². The smallest absolute Gasteiger partial charge is 0.238 e. The van der Waals surface area contributed by atoms with E-state index in [9.17, 15) is 14.0 Å². The molecule has 0 unspecified atom stereocenters. The third-order valence-corrected chi connectivity index (χ3v) is 5.21. The number of hydrogen-bond donors (Lipinski definition) is 1. The van der Waals surface area contributed by atoms with E-state index in [0.29, 0.717) is 26.2 Å². The number of rotatable bonds is 11. The number of amides is 2. The predicted molar refractivity (Wildman–Crippen MR) is 120 cm³/mol. The van der Waals surface area contributed by atoms with Gasteiger partial charge < -0.3 is 15.0 Å². The number of aryl methyl sites for hydroxylation is 1. The molecule has 0 fully saturated rings. The minimum atomic E-state index is -0.328. The van der Waals surface area contributed by atoms with Crippen LogP contribution in [0.3, 0.4) is 0 Å². The van der Waals surface area contributed by atoms with Crippen LogP contribution in [0, 0.1) is 19.7 Å². The summed E-state index contributed by atoms with van der Waals surface area (Å²) in [7, 11) is 1.58. The van der Waals surface area contributed by atoms with E-state index in [-0.39, 0.29) is 30.7 Å². The zero-order valence-electron chi connectivity index (χ0n) is 18.8. The van der Waals surface area contributed by atoms with E-state index in [1.807, 2.05) is 39.0 Å². The Morgan fingerprint density at radius 1 is 1.10 bits per heavy atom. The van der Waals surface area contributed by atoms with Crippen LogP contribution in [0.4, 0.5) is 10.1 Å². The van der Waals surface area contributed by atoms with Crippen molar-refractivity contribution in [3.8, 4) is 0 Å². The first-order valence-corrected chi connectivity index (χ1v) is 10.4. The number of likely N-dealkylation sites (N-methyl/N-ethyl adjacent to an activating group) is 1. The Morgan fingerprint density at radius 3 is 2.52 bits per heavy atom. The Morgan fingerprint density at radius 2 is 1.84 bits per heavy atom. The van der Waals surface area contributed by atoms with Gasteiger partial charge in [-0.25, -0.2) is 4.39 Å². The maximum absolute atomic E-state index is 13.5. The van der Waals surface area contributed by atoms with Gasteiger partial charge in [0.1, 0.15) is 5.82 Å². The second-order valence-electron chi connectivity index (χ2n) is 7.54. The van der Waals surface area contributed by atoms with Crippen molar-refractivity contribution in [2.45, 2.75) is 27.3 Å². The van der Waals surface area contributed by atoms with Gasteiger partial charge in [-0.05, 0) is 55.7 Å². The highest BCUT2D eigenvalue weighted by Gasteiger charge is 2.19. The molecule has 0 heterocycles. The van der Waals surface area contributed by atoms with Crippen molar-refractivity contribution in [3.63, 3.8) is 0 Å². The molecular formula is C24H32FN3O3. The molecule has 2 rings (SSSR count). The fourth-order valence-electron chi connectivity index (χ4n) is 3.24. The number of carbonyl (C=O) groups excluding carboxylic acids is 2. The van der Waals surface area contributed by atoms with Crippen LogP contribution in [0.15, 0.2) is 42.5 Å². The molecule has 0 saturated carbocycles. The number of nitrogens with zero attached hydrogens (tertiary/aromatic N) is 2. The first kappa shape index (κ1) is 24.5. The topological polar surface area (TPSA) is 61.9 Å². The second kappa shape index (κ2) is 12.2. The molecule has 0 aliphatic heterocycles. The number of anilines is 1. The van der Waals surface area contributed by atoms with E-state index in [2.05, 4.69) is 5.32 Å². The number of hydrogen-bond acceptors (Lipinski definition) is 4. The van der Waals surface area contributed by atoms with Crippen LogP contribution in [-0.2, 0) is 20.9 Å². The summed E-state index contributed by atoms with van der Waals surface area (Å²) >= 11 is 0. The van der Waals surface area contributed by atoms with Gasteiger partial charge in [0, 0.05) is 32.4 Å². The summed E-state index contributed by atoms with van der Waals surface area (Å²) in [6, 6.07) is 12.0. The Kier molecular flexibility index (Phi) is 9.62. The molecule has 1 N–H and O–H groups in total. The Labute approximate surface area is 184 Å². The average molecular weight is 430 g/mol. The highest BCUT2D eigenvalue weighted by Crippen LogP contribution is 2.18. The summed E-state index contributed by atoms with van der Waals surface area (Å²) in [6.45, 7) is 7.63. The molecule has 0 radical (unpaired) electrons. The summed E-state index contributed by atoms with van der Waals surface area (Å²) in [6.07, 6.45) is 0. The van der Waals surface area contributed by atoms with Gasteiger partial charge in [0.25, 0.3) is 0 Å². The Hall–Kier alpha value is -2.77. The van der Waals surface area contributed by atoms with Gasteiger partial charge in [0.2, 0.25) is 11.8 Å². The first-order chi connectivity index (χ1) is 14.8. The summed E-state index contributed by atoms with van der Waals surface area (Å²) in [5.41, 5.74) is 3.61. The van der Waals surface area contributed by atoms with Crippen LogP contribution in [0.25, 0.3) is 0 Å². The molecule has 6 nitrogen and oxygen atoms in total. The van der Waals surface area contributed by atoms with Gasteiger partial charge in [-0.15, -0.1) is 0 Å². The highest BCUT2D eigenvalue weighted by atomic mass is 19.1. The van der Waals surface area contributed by atoms with E-state index < -0.39 is 0 Å². The molecule has 31 heavy (non-hydrogen) atoms. The molecule has 0 saturated heterocycles. The molecule has 2 aromatic carbocycles. The number of carbonyl (C=O) groups is 2. The maximum Gasteiger partial charge on any atom is 0.238 e. The van der Waals surface area contributed by atoms with Gasteiger partial charge in [-0.1, -0.05) is 24.3 Å². The summed E-state index contributed by atoms with van der Waals surface area (Å²) in [4.78, 5) is 28.9. The third-order valence-electron chi connectivity index (χ3n) is 5.21. The van der Waals surface area contributed by atoms with Crippen LogP contribution in [0.2, 0.25) is 0 Å². The van der Waals surface area contributed by atoms with Crippen LogP contribution in [0.5, 0.6) is 0 Å². The quantitative estimate of drug-likeness (QED) is 0.595. The van der Waals surface area contributed by atoms with Crippen molar-refractivity contribution < 1.29 is 18.7 Å². The molecule has 0 spiro atoms. The fourth-order valence-corrected chi connectivity index (χ4v) is 3.24. The monoisotopic (exact) mass is 429 g/mol. The zero-order chi connectivity index (χ0) is 22.8. The Bertz CT molecular complexity index is 888. The van der Waals surface area contributed by atoms with Gasteiger partial charge in [0.15, 0.2) is 0 Å². The molecule has 168 valence electrons. The number of benzene rings is 2. The lowest BCUT2D eigenvalue weighted by Crippen LogP contribution is -2.44. The molecule has 0 aliphatic rings. The van der Waals surface area contributed by atoms with Crippen LogP contribution in [0.1, 0.15) is 23.6 Å². The molecule has 2 amide bonds. The normalized spacial score (nSPS) is 10.9. The van der Waals surface area contributed by atoms with Crippen molar-refractivity contribution in [2.24, 2.45) is 0 Å². The molecule has 0 aliphatic carbocycles. The number of ether oxygens (including phenoxy) is 1. The zero-order valence-corrected chi connectivity index (χ0v) is 18.8. The van der Waals surface area contributed by atoms with Crippen molar-refractivity contribution in [1.29, 1.82) is 0 Å². The van der Waals surface area contributed by atoms with Gasteiger partial charge in [-0.2, -0.15) is 0 Å². The van der Waals surface area contributed by atoms with Crippen LogP contribution in [-0.4, -0.2) is 61.5 Å². The summed E-state index contributed by atoms with van der Waals surface area (Å²) in [5, 5.41) is 2.93. The van der Waals surface area contributed by atoms with Crippen LogP contribution < -0.4 is 5.32 Å². The van der Waals surface area contributed by atoms with E-state index in [1.165, 1.54) is 12.1 Å². The molecular weight excluding hydrogens is 397 g/mol. The molecule has 0 atom stereocenters. The standard InChI is InChI=1S/C24H32FN3O3/c1-5-28(15-20-9-7-10-21(25)14-20)24(30)17-27(12-13-31-4)16-23(29)26-22-11-6-8-18(2)19(22)3/h6-11,14H,5,12-13,15-17H2,1-4H3,(H,26,29). The lowest BCUT2D eigenvalue weighted by Gasteiger charge is -2.26. The number of methoxy groups -OCH3 is 1. The number of nitrogens with one attached hydrogen (secondary N) is 1. The third kappa shape index (κ3) is 7.77. The summed E-state index contributed by atoms with van der Waals surface area (Å²) < 4.78 is 18.6. The second-order valence-corrected chi connectivity index (χ2v) is 7.54. The largest absolute Gasteiger partial charge is 0.383 e. The minimum Gasteiger partial charge on any atom is -0.383 e. The van der Waals surface area contributed by atoms with Gasteiger partial charge in [-0.3, -0.25) is 14.5 Å². The Balaban J connectivity index is 2.02. The van der Waals surface area contributed by atoms with E-state index in [4.69, 9.17) is 4.74 Å².